The zero-order valence-electron chi connectivity index (χ0n) is 13.4. The molecule has 1 unspecified atom stereocenters. The first-order chi connectivity index (χ1) is 11.4. The molecule has 0 aliphatic rings. The van der Waals surface area contributed by atoms with Crippen LogP contribution in [0.1, 0.15) is 30.6 Å². The van der Waals surface area contributed by atoms with Crippen molar-refractivity contribution in [3.8, 4) is 12.3 Å². The first kappa shape index (κ1) is 17.4. The number of nitrogens with one attached hydrogen (secondary N) is 2. The molecule has 2 rings (SSSR count). The Bertz CT molecular complexity index is 801. The molecule has 4 nitrogen and oxygen atoms in total. The van der Waals surface area contributed by atoms with Gasteiger partial charge in [-0.2, -0.15) is 0 Å². The van der Waals surface area contributed by atoms with Crippen LogP contribution in [0.25, 0.3) is 0 Å². The third-order valence-corrected chi connectivity index (χ3v) is 3.65. The fraction of sp³-hybridized carbons (Fsp3) is 0.222. The van der Waals surface area contributed by atoms with Crippen LogP contribution in [-0.4, -0.2) is 16.4 Å². The largest absolute Gasteiger partial charge is 0.337 e. The van der Waals surface area contributed by atoms with E-state index in [4.69, 9.17) is 6.42 Å². The number of amides is 1. The van der Waals surface area contributed by atoms with Gasteiger partial charge in [0.05, 0.1) is 16.8 Å². The minimum Gasteiger partial charge on any atom is -0.337 e. The lowest BCUT2D eigenvalue weighted by Crippen LogP contribution is -2.44. The number of anilines is 2. The van der Waals surface area contributed by atoms with Gasteiger partial charge in [0.2, 0.25) is 0 Å². The molecule has 0 aliphatic carbocycles. The Balaban J connectivity index is 2.31. The first-order valence-electron chi connectivity index (χ1n) is 7.36. The average molecular weight is 329 g/mol. The second-order valence-corrected chi connectivity index (χ2v) is 5.43. The third kappa shape index (κ3) is 3.87. The molecule has 2 N–H and O–H groups in total. The third-order valence-electron chi connectivity index (χ3n) is 3.65. The molecule has 1 aromatic carbocycles. The Kier molecular flexibility index (Phi) is 5.14. The van der Waals surface area contributed by atoms with E-state index in [0.29, 0.717) is 6.42 Å². The Morgan fingerprint density at radius 3 is 2.75 bits per heavy atom. The van der Waals surface area contributed by atoms with E-state index in [1.54, 1.807) is 19.1 Å². The van der Waals surface area contributed by atoms with Gasteiger partial charge in [-0.1, -0.05) is 12.8 Å². The monoisotopic (exact) mass is 329 g/mol. The lowest BCUT2D eigenvalue weighted by Gasteiger charge is -2.24. The summed E-state index contributed by atoms with van der Waals surface area (Å²) in [6, 6.07) is 6.22. The number of carbonyl (C=O) groups is 1. The summed E-state index contributed by atoms with van der Waals surface area (Å²) >= 11 is 0. The van der Waals surface area contributed by atoms with E-state index in [-0.39, 0.29) is 17.1 Å². The van der Waals surface area contributed by atoms with Crippen molar-refractivity contribution in [2.75, 3.05) is 5.32 Å². The fourth-order valence-corrected chi connectivity index (χ4v) is 1.95. The molecule has 1 amide bonds. The van der Waals surface area contributed by atoms with Crippen LogP contribution in [-0.2, 0) is 0 Å². The maximum atomic E-state index is 13.8. The quantitative estimate of drug-likeness (QED) is 0.824. The van der Waals surface area contributed by atoms with Gasteiger partial charge < -0.3 is 10.6 Å². The fourth-order valence-electron chi connectivity index (χ4n) is 1.95. The van der Waals surface area contributed by atoms with Gasteiger partial charge in [0.15, 0.2) is 0 Å². The number of terminal acetylenes is 1. The topological polar surface area (TPSA) is 54.0 Å². The standard InChI is InChI=1S/C18H17F2N3O/c1-4-18(3,5-2)23-17(24)13-7-6-10-21-16(13)22-15-9-8-12(19)11-14(15)20/h1,6-11H,5H2,2-3H3,(H,21,22)(H,23,24). The van der Waals surface area contributed by atoms with Crippen LogP contribution in [0.3, 0.4) is 0 Å². The van der Waals surface area contributed by atoms with Crippen LogP contribution >= 0.6 is 0 Å². The van der Waals surface area contributed by atoms with Gasteiger partial charge >= 0.3 is 0 Å². The normalized spacial score (nSPS) is 12.8. The van der Waals surface area contributed by atoms with E-state index in [9.17, 15) is 13.6 Å². The molecule has 0 aliphatic heterocycles. The highest BCUT2D eigenvalue weighted by molar-refractivity contribution is 6.00. The summed E-state index contributed by atoms with van der Waals surface area (Å²) < 4.78 is 26.8. The molecule has 124 valence electrons. The summed E-state index contributed by atoms with van der Waals surface area (Å²) in [5, 5.41) is 5.46. The molecular formula is C18H17F2N3O. The zero-order valence-corrected chi connectivity index (χ0v) is 13.4. The van der Waals surface area contributed by atoms with Gasteiger partial charge in [-0.3, -0.25) is 4.79 Å². The maximum absolute atomic E-state index is 13.8. The minimum absolute atomic E-state index is 0.0133. The Morgan fingerprint density at radius 2 is 2.12 bits per heavy atom. The van der Waals surface area contributed by atoms with Crippen LogP contribution in [0.2, 0.25) is 0 Å². The SMILES string of the molecule is C#CC(C)(CC)NC(=O)c1cccnc1Nc1ccc(F)cc1F. The molecule has 0 saturated carbocycles. The summed E-state index contributed by atoms with van der Waals surface area (Å²) in [5.41, 5.74) is -0.582. The van der Waals surface area contributed by atoms with E-state index in [0.717, 1.165) is 12.1 Å². The van der Waals surface area contributed by atoms with Crippen molar-refractivity contribution in [1.29, 1.82) is 0 Å². The molecular weight excluding hydrogens is 312 g/mol. The molecule has 24 heavy (non-hydrogen) atoms. The lowest BCUT2D eigenvalue weighted by atomic mass is 9.99. The smallest absolute Gasteiger partial charge is 0.256 e. The number of pyridine rings is 1. The van der Waals surface area contributed by atoms with Crippen LogP contribution in [0.4, 0.5) is 20.3 Å². The number of rotatable bonds is 5. The van der Waals surface area contributed by atoms with Gasteiger partial charge in [-0.15, -0.1) is 6.42 Å². The summed E-state index contributed by atoms with van der Waals surface area (Å²) in [4.78, 5) is 16.5. The number of benzene rings is 1. The maximum Gasteiger partial charge on any atom is 0.256 e. The zero-order chi connectivity index (χ0) is 17.7. The number of hydrogen-bond donors (Lipinski definition) is 2. The molecule has 1 aromatic heterocycles. The molecule has 1 atom stereocenters. The summed E-state index contributed by atoms with van der Waals surface area (Å²) in [6.45, 7) is 3.59. The molecule has 0 bridgehead atoms. The summed E-state index contributed by atoms with van der Waals surface area (Å²) in [5.74, 6) is 0.780. The van der Waals surface area contributed by atoms with E-state index in [2.05, 4.69) is 21.5 Å². The van der Waals surface area contributed by atoms with Crippen molar-refractivity contribution in [2.45, 2.75) is 25.8 Å². The van der Waals surface area contributed by atoms with Crippen molar-refractivity contribution in [3.63, 3.8) is 0 Å². The Hall–Kier alpha value is -2.94. The second-order valence-electron chi connectivity index (χ2n) is 5.43. The number of halogens is 2. The van der Waals surface area contributed by atoms with Crippen LogP contribution in [0, 0.1) is 24.0 Å². The molecule has 1 heterocycles. The van der Waals surface area contributed by atoms with Crippen molar-refractivity contribution in [2.24, 2.45) is 0 Å². The van der Waals surface area contributed by atoms with Crippen LogP contribution in [0.5, 0.6) is 0 Å². The molecule has 0 saturated heterocycles. The van der Waals surface area contributed by atoms with Gasteiger partial charge in [-0.05, 0) is 37.6 Å². The van der Waals surface area contributed by atoms with Crippen LogP contribution < -0.4 is 10.6 Å². The minimum atomic E-state index is -0.800. The highest BCUT2D eigenvalue weighted by Gasteiger charge is 2.24. The number of aromatic nitrogens is 1. The Labute approximate surface area is 139 Å². The molecule has 0 fully saturated rings. The second kappa shape index (κ2) is 7.09. The van der Waals surface area contributed by atoms with Crippen LogP contribution in [0.15, 0.2) is 36.5 Å². The van der Waals surface area contributed by atoms with Gasteiger partial charge in [0.25, 0.3) is 5.91 Å². The van der Waals surface area contributed by atoms with E-state index < -0.39 is 23.1 Å². The van der Waals surface area contributed by atoms with Crippen molar-refractivity contribution in [1.82, 2.24) is 10.3 Å². The molecule has 0 radical (unpaired) electrons. The highest BCUT2D eigenvalue weighted by atomic mass is 19.1. The molecule has 0 spiro atoms. The first-order valence-corrected chi connectivity index (χ1v) is 7.36. The predicted octanol–water partition coefficient (Wildman–Crippen LogP) is 3.64. The van der Waals surface area contributed by atoms with Gasteiger partial charge in [0.1, 0.15) is 17.5 Å². The number of nitrogens with zero attached hydrogens (tertiary/aromatic N) is 1. The van der Waals surface area contributed by atoms with Crippen molar-refractivity contribution < 1.29 is 13.6 Å². The highest BCUT2D eigenvalue weighted by Crippen LogP contribution is 2.22. The van der Waals surface area contributed by atoms with Crippen molar-refractivity contribution >= 4 is 17.4 Å². The number of carbonyl (C=O) groups excluding carboxylic acids is 1. The lowest BCUT2D eigenvalue weighted by molar-refractivity contribution is 0.0924. The van der Waals surface area contributed by atoms with Gasteiger partial charge in [-0.25, -0.2) is 13.8 Å². The predicted molar refractivity (Wildman–Crippen MR) is 88.9 cm³/mol. The number of hydrogen-bond acceptors (Lipinski definition) is 3. The van der Waals surface area contributed by atoms with Crippen molar-refractivity contribution in [3.05, 3.63) is 53.7 Å². The molecule has 6 heteroatoms. The van der Waals surface area contributed by atoms with E-state index in [1.807, 2.05) is 6.92 Å². The molecule has 2 aromatic rings. The van der Waals surface area contributed by atoms with E-state index >= 15 is 0 Å². The summed E-state index contributed by atoms with van der Waals surface area (Å²) in [6.07, 6.45) is 7.46. The van der Waals surface area contributed by atoms with E-state index in [1.165, 1.54) is 12.3 Å². The average Bonchev–Trinajstić information content (AvgIpc) is 2.57. The van der Waals surface area contributed by atoms with Gasteiger partial charge in [0, 0.05) is 12.3 Å². The summed E-state index contributed by atoms with van der Waals surface area (Å²) in [7, 11) is 0. The Morgan fingerprint density at radius 1 is 1.38 bits per heavy atom.